The second kappa shape index (κ2) is 5.80. The molecular weight excluding hydrogens is 286 g/mol. The fourth-order valence-electron chi connectivity index (χ4n) is 2.09. The first-order valence-electron chi connectivity index (χ1n) is 6.46. The maximum absolute atomic E-state index is 12.5. The fraction of sp³-hybridized carbons (Fsp3) is 0.200. The molecule has 0 spiro atoms. The lowest BCUT2D eigenvalue weighted by molar-refractivity contribution is 0.106. The summed E-state index contributed by atoms with van der Waals surface area (Å²) < 4.78 is 1.71. The summed E-state index contributed by atoms with van der Waals surface area (Å²) in [6, 6.07) is 8.27. The summed E-state index contributed by atoms with van der Waals surface area (Å²) in [5.41, 5.74) is -1.61. The lowest BCUT2D eigenvalue weighted by Gasteiger charge is -2.11. The highest BCUT2D eigenvalue weighted by Crippen LogP contribution is 2.14. The summed E-state index contributed by atoms with van der Waals surface area (Å²) in [5, 5.41) is 10.1. The first-order chi connectivity index (χ1) is 10.4. The van der Waals surface area contributed by atoms with Crippen molar-refractivity contribution in [3.05, 3.63) is 62.3 Å². The van der Waals surface area contributed by atoms with Crippen LogP contribution in [-0.2, 0) is 14.1 Å². The number of Topliss-reactive ketones (excluding diaryl/α,β-unsaturated/α-hetero) is 1. The van der Waals surface area contributed by atoms with Gasteiger partial charge in [-0.15, -0.1) is 0 Å². The number of carbonyl (C=O) groups is 1. The highest BCUT2D eigenvalue weighted by Gasteiger charge is 2.25. The molecule has 0 amide bonds. The van der Waals surface area contributed by atoms with Crippen LogP contribution in [0.25, 0.3) is 0 Å². The van der Waals surface area contributed by atoms with E-state index in [1.165, 1.54) is 21.1 Å². The molecule has 0 unspecified atom stereocenters. The summed E-state index contributed by atoms with van der Waals surface area (Å²) in [7, 11) is 3.93. The van der Waals surface area contributed by atoms with Crippen LogP contribution in [0.2, 0.25) is 0 Å². The van der Waals surface area contributed by atoms with Gasteiger partial charge in [0.2, 0.25) is 11.7 Å². The first-order valence-corrected chi connectivity index (χ1v) is 6.46. The van der Waals surface area contributed by atoms with E-state index in [0.717, 1.165) is 9.13 Å². The highest BCUT2D eigenvalue weighted by atomic mass is 16.3. The third-order valence-corrected chi connectivity index (χ3v) is 3.35. The maximum atomic E-state index is 12.5. The van der Waals surface area contributed by atoms with Gasteiger partial charge in [-0.3, -0.25) is 23.7 Å². The quantitative estimate of drug-likeness (QED) is 0.642. The zero-order chi connectivity index (χ0) is 16.4. The van der Waals surface area contributed by atoms with E-state index in [0.29, 0.717) is 5.56 Å². The number of carbonyl (C=O) groups excluding carboxylic acids is 1. The molecule has 0 atom stereocenters. The molecule has 0 saturated heterocycles. The molecule has 0 saturated carbocycles. The zero-order valence-electron chi connectivity index (χ0n) is 12.4. The van der Waals surface area contributed by atoms with Crippen molar-refractivity contribution in [2.45, 2.75) is 0 Å². The Kier molecular flexibility index (Phi) is 4.07. The monoisotopic (exact) mass is 301 g/mol. The van der Waals surface area contributed by atoms with Crippen LogP contribution in [0.3, 0.4) is 0 Å². The fourth-order valence-corrected chi connectivity index (χ4v) is 2.09. The van der Waals surface area contributed by atoms with Crippen molar-refractivity contribution in [1.29, 1.82) is 0 Å². The number of hydrogen-bond donors (Lipinski definition) is 1. The van der Waals surface area contributed by atoms with Gasteiger partial charge in [-0.05, 0) is 0 Å². The van der Waals surface area contributed by atoms with Gasteiger partial charge >= 0.3 is 5.69 Å². The normalized spacial score (nSPS) is 11.5. The van der Waals surface area contributed by atoms with Gasteiger partial charge in [0.25, 0.3) is 5.56 Å². The minimum atomic E-state index is -0.773. The molecule has 22 heavy (non-hydrogen) atoms. The Balaban J connectivity index is 2.72. The van der Waals surface area contributed by atoms with Gasteiger partial charge in [0, 0.05) is 26.7 Å². The average molecular weight is 301 g/mol. The van der Waals surface area contributed by atoms with Crippen LogP contribution in [0.15, 0.2) is 44.9 Å². The Morgan fingerprint density at radius 3 is 2.23 bits per heavy atom. The summed E-state index contributed by atoms with van der Waals surface area (Å²) in [6.45, 7) is 0. The molecule has 1 N–H and O–H groups in total. The third-order valence-electron chi connectivity index (χ3n) is 3.35. The predicted molar refractivity (Wildman–Crippen MR) is 81.8 cm³/mol. The molecule has 2 aromatic rings. The molecule has 0 bridgehead atoms. The van der Waals surface area contributed by atoms with Gasteiger partial charge in [0.15, 0.2) is 0 Å². The number of hydrogen-bond acceptors (Lipinski definition) is 5. The van der Waals surface area contributed by atoms with Crippen molar-refractivity contribution in [1.82, 2.24) is 9.13 Å². The van der Waals surface area contributed by atoms with E-state index in [2.05, 4.69) is 4.99 Å². The van der Waals surface area contributed by atoms with E-state index < -0.39 is 22.9 Å². The van der Waals surface area contributed by atoms with Crippen LogP contribution in [0, 0.1) is 0 Å². The molecule has 0 aliphatic carbocycles. The van der Waals surface area contributed by atoms with Crippen molar-refractivity contribution < 1.29 is 9.90 Å². The summed E-state index contributed by atoms with van der Waals surface area (Å²) in [4.78, 5) is 40.4. The van der Waals surface area contributed by atoms with Gasteiger partial charge in [-0.2, -0.15) is 0 Å². The van der Waals surface area contributed by atoms with Gasteiger partial charge in [0.05, 0.1) is 0 Å². The van der Waals surface area contributed by atoms with Gasteiger partial charge in [0.1, 0.15) is 11.3 Å². The molecule has 114 valence electrons. The average Bonchev–Trinajstić information content (AvgIpc) is 2.55. The van der Waals surface area contributed by atoms with E-state index in [-0.39, 0.29) is 11.3 Å². The number of benzene rings is 1. The van der Waals surface area contributed by atoms with Crippen LogP contribution in [-0.4, -0.2) is 32.8 Å². The van der Waals surface area contributed by atoms with Gasteiger partial charge < -0.3 is 5.11 Å². The van der Waals surface area contributed by atoms with E-state index in [1.807, 2.05) is 0 Å². The molecule has 1 aromatic carbocycles. The van der Waals surface area contributed by atoms with Crippen molar-refractivity contribution in [3.8, 4) is 5.88 Å². The molecule has 0 fully saturated rings. The number of aromatic nitrogens is 2. The zero-order valence-corrected chi connectivity index (χ0v) is 12.4. The van der Waals surface area contributed by atoms with Crippen LogP contribution in [0.5, 0.6) is 5.88 Å². The second-order valence-corrected chi connectivity index (χ2v) is 4.67. The molecule has 1 heterocycles. The van der Waals surface area contributed by atoms with Crippen molar-refractivity contribution >= 4 is 11.5 Å². The molecule has 0 radical (unpaired) electrons. The number of aliphatic imine (C=N–C) groups is 1. The minimum Gasteiger partial charge on any atom is -0.494 e. The summed E-state index contributed by atoms with van der Waals surface area (Å²) in [6.07, 6.45) is 0. The number of aromatic hydroxyl groups is 1. The summed E-state index contributed by atoms with van der Waals surface area (Å²) in [5.74, 6) is -1.09. The Morgan fingerprint density at radius 2 is 1.68 bits per heavy atom. The predicted octanol–water partition coefficient (Wildman–Crippen LogP) is 0.0914. The van der Waals surface area contributed by atoms with Crippen LogP contribution in [0.1, 0.15) is 15.9 Å². The topological polar surface area (TPSA) is 93.7 Å². The Labute approximate surface area is 125 Å². The van der Waals surface area contributed by atoms with Crippen molar-refractivity contribution in [2.75, 3.05) is 7.05 Å². The molecule has 7 heteroatoms. The van der Waals surface area contributed by atoms with Crippen molar-refractivity contribution in [2.24, 2.45) is 19.1 Å². The Morgan fingerprint density at radius 1 is 1.09 bits per heavy atom. The molecular formula is C15H15N3O4. The highest BCUT2D eigenvalue weighted by molar-refractivity contribution is 6.51. The summed E-state index contributed by atoms with van der Waals surface area (Å²) >= 11 is 0. The Bertz CT molecular complexity index is 876. The largest absolute Gasteiger partial charge is 0.494 e. The lowest BCUT2D eigenvalue weighted by atomic mass is 10.0. The van der Waals surface area contributed by atoms with E-state index >= 15 is 0 Å². The SMILES string of the molecule is CN=C(C(=O)c1ccccc1)c1c(O)n(C)c(=O)n(C)c1=O. The number of ketones is 1. The number of nitrogens with zero attached hydrogens (tertiary/aromatic N) is 3. The second-order valence-electron chi connectivity index (χ2n) is 4.67. The van der Waals surface area contributed by atoms with Crippen LogP contribution < -0.4 is 11.2 Å². The lowest BCUT2D eigenvalue weighted by Crippen LogP contribution is -2.41. The van der Waals surface area contributed by atoms with Crippen molar-refractivity contribution in [3.63, 3.8) is 0 Å². The maximum Gasteiger partial charge on any atom is 0.333 e. The number of rotatable bonds is 3. The van der Waals surface area contributed by atoms with E-state index in [9.17, 15) is 19.5 Å². The molecule has 1 aromatic heterocycles. The molecule has 2 rings (SSSR count). The van der Waals surface area contributed by atoms with E-state index in [1.54, 1.807) is 30.3 Å². The first kappa shape index (κ1) is 15.4. The molecule has 0 aliphatic rings. The van der Waals surface area contributed by atoms with Crippen LogP contribution in [0.4, 0.5) is 0 Å². The van der Waals surface area contributed by atoms with E-state index in [4.69, 9.17) is 0 Å². The van der Waals surface area contributed by atoms with Gasteiger partial charge in [-0.25, -0.2) is 4.79 Å². The van der Waals surface area contributed by atoms with Crippen LogP contribution >= 0.6 is 0 Å². The Hall–Kier alpha value is -2.96. The minimum absolute atomic E-state index is 0.195. The molecule has 0 aliphatic heterocycles. The standard InChI is InChI=1S/C15H15N3O4/c1-16-11(12(19)9-7-5-4-6-8-9)10-13(20)17(2)15(22)18(3)14(10)21/h4-8,20H,1-3H3. The smallest absolute Gasteiger partial charge is 0.333 e. The third kappa shape index (κ3) is 2.37. The van der Waals surface area contributed by atoms with Gasteiger partial charge in [-0.1, -0.05) is 30.3 Å². The molecule has 7 nitrogen and oxygen atoms in total.